The molecule has 1 aromatic carbocycles. The fourth-order valence-electron chi connectivity index (χ4n) is 2.82. The zero-order valence-electron chi connectivity index (χ0n) is 11.2. The summed E-state index contributed by atoms with van der Waals surface area (Å²) in [6.07, 6.45) is 6.78. The van der Waals surface area contributed by atoms with Crippen LogP contribution in [0.5, 0.6) is 0 Å². The van der Waals surface area contributed by atoms with Crippen LogP contribution < -0.4 is 0 Å². The van der Waals surface area contributed by atoms with Gasteiger partial charge in [-0.25, -0.2) is 8.78 Å². The Balaban J connectivity index is 1.93. The van der Waals surface area contributed by atoms with E-state index in [0.29, 0.717) is 5.56 Å². The average Bonchev–Trinajstić information content (AvgIpc) is 2.91. The smallest absolute Gasteiger partial charge is 0.142 e. The minimum absolute atomic E-state index is 0.170. The molecule has 1 aliphatic rings. The maximum atomic E-state index is 13.6. The van der Waals surface area contributed by atoms with Crippen molar-refractivity contribution in [1.82, 2.24) is 4.98 Å². The van der Waals surface area contributed by atoms with Crippen LogP contribution in [0, 0.1) is 18.6 Å². The molecule has 1 unspecified atom stereocenters. The number of pyridine rings is 1. The van der Waals surface area contributed by atoms with E-state index < -0.39 is 0 Å². The van der Waals surface area contributed by atoms with Crippen molar-refractivity contribution in [2.24, 2.45) is 0 Å². The third kappa shape index (κ3) is 2.36. The Kier molecular flexibility index (Phi) is 3.35. The van der Waals surface area contributed by atoms with Crippen molar-refractivity contribution in [1.29, 1.82) is 0 Å². The highest BCUT2D eigenvalue weighted by atomic mass is 19.1. The summed E-state index contributed by atoms with van der Waals surface area (Å²) in [5.41, 5.74) is 3.63. The van der Waals surface area contributed by atoms with E-state index >= 15 is 0 Å². The van der Waals surface area contributed by atoms with E-state index in [1.165, 1.54) is 18.3 Å². The van der Waals surface area contributed by atoms with Gasteiger partial charge in [0.15, 0.2) is 0 Å². The lowest BCUT2D eigenvalue weighted by atomic mass is 9.94. The number of allylic oxidation sites excluding steroid dienone is 2. The fourth-order valence-corrected chi connectivity index (χ4v) is 2.82. The van der Waals surface area contributed by atoms with Crippen LogP contribution in [0.1, 0.15) is 35.4 Å². The normalized spacial score (nSPS) is 18.1. The van der Waals surface area contributed by atoms with Gasteiger partial charge in [-0.2, -0.15) is 0 Å². The fraction of sp³-hybridized carbons (Fsp3) is 0.235. The minimum atomic E-state index is -0.325. The van der Waals surface area contributed by atoms with Gasteiger partial charge in [0.2, 0.25) is 0 Å². The quantitative estimate of drug-likeness (QED) is 0.776. The van der Waals surface area contributed by atoms with Gasteiger partial charge in [-0.1, -0.05) is 18.2 Å². The van der Waals surface area contributed by atoms with E-state index in [1.807, 2.05) is 6.07 Å². The molecule has 0 aliphatic heterocycles. The van der Waals surface area contributed by atoms with Gasteiger partial charge in [0, 0.05) is 12.1 Å². The van der Waals surface area contributed by atoms with E-state index in [-0.39, 0.29) is 17.6 Å². The first-order valence-corrected chi connectivity index (χ1v) is 6.72. The Bertz CT molecular complexity index is 676. The Hall–Kier alpha value is -2.03. The Morgan fingerprint density at radius 1 is 1.20 bits per heavy atom. The van der Waals surface area contributed by atoms with E-state index in [9.17, 15) is 8.78 Å². The second-order valence-electron chi connectivity index (χ2n) is 5.18. The lowest BCUT2D eigenvalue weighted by Crippen LogP contribution is -1.96. The zero-order valence-corrected chi connectivity index (χ0v) is 11.2. The molecule has 1 heterocycles. The van der Waals surface area contributed by atoms with Gasteiger partial charge in [-0.05, 0) is 54.2 Å². The lowest BCUT2D eigenvalue weighted by Gasteiger charge is -2.11. The molecule has 3 heteroatoms. The summed E-state index contributed by atoms with van der Waals surface area (Å²) in [5.74, 6) is -0.297. The highest BCUT2D eigenvalue weighted by Gasteiger charge is 2.21. The maximum Gasteiger partial charge on any atom is 0.142 e. The number of hydrogen-bond acceptors (Lipinski definition) is 1. The minimum Gasteiger partial charge on any atom is -0.261 e. The molecule has 1 aromatic heterocycles. The van der Waals surface area contributed by atoms with Gasteiger partial charge >= 0.3 is 0 Å². The van der Waals surface area contributed by atoms with Crippen LogP contribution in [0.2, 0.25) is 0 Å². The number of halogens is 2. The van der Waals surface area contributed by atoms with Crippen molar-refractivity contribution in [3.63, 3.8) is 0 Å². The SMILES string of the molecule is Cc1c(F)cccc1C1C=C(c2cncc(F)c2)CC1. The van der Waals surface area contributed by atoms with Crippen LogP contribution in [-0.2, 0) is 0 Å². The Morgan fingerprint density at radius 2 is 2.05 bits per heavy atom. The largest absolute Gasteiger partial charge is 0.261 e. The van der Waals surface area contributed by atoms with Gasteiger partial charge in [0.05, 0.1) is 6.20 Å². The molecule has 102 valence electrons. The van der Waals surface area contributed by atoms with Crippen LogP contribution in [-0.4, -0.2) is 4.98 Å². The predicted octanol–water partition coefficient (Wildman–Crippen LogP) is 4.63. The zero-order chi connectivity index (χ0) is 14.1. The topological polar surface area (TPSA) is 12.9 Å². The van der Waals surface area contributed by atoms with Crippen LogP contribution in [0.25, 0.3) is 5.57 Å². The van der Waals surface area contributed by atoms with Crippen molar-refractivity contribution in [3.05, 3.63) is 71.1 Å². The second kappa shape index (κ2) is 5.16. The molecule has 20 heavy (non-hydrogen) atoms. The first-order valence-electron chi connectivity index (χ1n) is 6.72. The molecule has 1 nitrogen and oxygen atoms in total. The third-order valence-electron chi connectivity index (χ3n) is 3.91. The summed E-state index contributed by atoms with van der Waals surface area (Å²) in [4.78, 5) is 3.88. The number of rotatable bonds is 2. The summed E-state index contributed by atoms with van der Waals surface area (Å²) >= 11 is 0. The predicted molar refractivity (Wildman–Crippen MR) is 75.3 cm³/mol. The Labute approximate surface area is 117 Å². The van der Waals surface area contributed by atoms with Crippen molar-refractivity contribution in [2.45, 2.75) is 25.7 Å². The van der Waals surface area contributed by atoms with Gasteiger partial charge in [-0.15, -0.1) is 0 Å². The molecular weight excluding hydrogens is 256 g/mol. The molecule has 1 atom stereocenters. The van der Waals surface area contributed by atoms with Crippen molar-refractivity contribution in [2.75, 3.05) is 0 Å². The molecule has 0 fully saturated rings. The summed E-state index contributed by atoms with van der Waals surface area (Å²) < 4.78 is 26.8. The van der Waals surface area contributed by atoms with Gasteiger partial charge in [0.1, 0.15) is 11.6 Å². The Morgan fingerprint density at radius 3 is 2.85 bits per heavy atom. The van der Waals surface area contributed by atoms with Crippen LogP contribution in [0.3, 0.4) is 0 Å². The summed E-state index contributed by atoms with van der Waals surface area (Å²) in [7, 11) is 0. The van der Waals surface area contributed by atoms with Gasteiger partial charge < -0.3 is 0 Å². The van der Waals surface area contributed by atoms with Crippen LogP contribution >= 0.6 is 0 Å². The molecule has 2 aromatic rings. The summed E-state index contributed by atoms with van der Waals surface area (Å²) in [5, 5.41) is 0. The lowest BCUT2D eigenvalue weighted by molar-refractivity contribution is 0.612. The molecule has 3 rings (SSSR count). The van der Waals surface area contributed by atoms with Gasteiger partial charge in [-0.3, -0.25) is 4.98 Å². The molecule has 0 amide bonds. The maximum absolute atomic E-state index is 13.6. The monoisotopic (exact) mass is 271 g/mol. The van der Waals surface area contributed by atoms with E-state index in [4.69, 9.17) is 0 Å². The molecule has 0 N–H and O–H groups in total. The van der Waals surface area contributed by atoms with E-state index in [1.54, 1.807) is 19.2 Å². The molecule has 0 saturated carbocycles. The number of aromatic nitrogens is 1. The molecular formula is C17H15F2N. The van der Waals surface area contributed by atoms with Crippen LogP contribution in [0.15, 0.2) is 42.7 Å². The molecule has 0 radical (unpaired) electrons. The molecule has 0 spiro atoms. The highest BCUT2D eigenvalue weighted by molar-refractivity contribution is 5.68. The highest BCUT2D eigenvalue weighted by Crippen LogP contribution is 2.38. The summed E-state index contributed by atoms with van der Waals surface area (Å²) in [6.45, 7) is 1.81. The first kappa shape index (κ1) is 13.0. The van der Waals surface area contributed by atoms with Crippen molar-refractivity contribution < 1.29 is 8.78 Å². The van der Waals surface area contributed by atoms with E-state index in [2.05, 4.69) is 11.1 Å². The number of nitrogens with zero attached hydrogens (tertiary/aromatic N) is 1. The van der Waals surface area contributed by atoms with E-state index in [0.717, 1.165) is 29.5 Å². The number of hydrogen-bond donors (Lipinski definition) is 0. The number of benzene rings is 1. The third-order valence-corrected chi connectivity index (χ3v) is 3.91. The standard InChI is InChI=1S/C17H15F2N/c1-11-16(3-2-4-17(11)19)13-6-5-12(7-13)14-8-15(18)10-20-9-14/h2-4,7-10,13H,5-6H2,1H3. The average molecular weight is 271 g/mol. The van der Waals surface area contributed by atoms with Crippen molar-refractivity contribution in [3.8, 4) is 0 Å². The molecule has 0 bridgehead atoms. The second-order valence-corrected chi connectivity index (χ2v) is 5.18. The first-order chi connectivity index (χ1) is 9.65. The molecule has 0 saturated heterocycles. The van der Waals surface area contributed by atoms with Crippen molar-refractivity contribution >= 4 is 5.57 Å². The van der Waals surface area contributed by atoms with Gasteiger partial charge in [0.25, 0.3) is 0 Å². The van der Waals surface area contributed by atoms with Crippen LogP contribution in [0.4, 0.5) is 8.78 Å². The summed E-state index contributed by atoms with van der Waals surface area (Å²) in [6, 6.07) is 6.69. The molecule has 1 aliphatic carbocycles.